The fourth-order valence-electron chi connectivity index (χ4n) is 2.82. The Morgan fingerprint density at radius 3 is 2.00 bits per heavy atom. The first-order valence-corrected chi connectivity index (χ1v) is 11.6. The van der Waals surface area contributed by atoms with Crippen LogP contribution in [0.2, 0.25) is 0 Å². The third kappa shape index (κ3) is 6.76. The van der Waals surface area contributed by atoms with Crippen molar-refractivity contribution in [1.29, 1.82) is 0 Å². The number of hydrogen-bond acceptors (Lipinski definition) is 11. The molecule has 1 aromatic heterocycles. The van der Waals surface area contributed by atoms with Gasteiger partial charge in [-0.3, -0.25) is 4.79 Å². The second-order valence-corrected chi connectivity index (χ2v) is 9.43. The van der Waals surface area contributed by atoms with Crippen molar-refractivity contribution in [2.45, 2.75) is 23.6 Å². The normalized spacial score (nSPS) is 11.7. The molecule has 0 N–H and O–H groups in total. The van der Waals surface area contributed by atoms with Crippen molar-refractivity contribution in [2.75, 3.05) is 0 Å². The molecule has 13 nitrogen and oxygen atoms in total. The van der Waals surface area contributed by atoms with Gasteiger partial charge in [-0.2, -0.15) is 0 Å². The van der Waals surface area contributed by atoms with Gasteiger partial charge in [-0.15, -0.1) is 15.9 Å². The second kappa shape index (κ2) is 11.3. The van der Waals surface area contributed by atoms with Gasteiger partial charge < -0.3 is 28.8 Å². The van der Waals surface area contributed by atoms with E-state index in [0.29, 0.717) is 6.07 Å². The fourth-order valence-corrected chi connectivity index (χ4v) is 3.87. The van der Waals surface area contributed by atoms with Crippen LogP contribution < -0.4 is 45.3 Å². The molecule has 3 aromatic rings. The number of aromatic nitrogens is 2. The maximum Gasteiger partial charge on any atom is 3.00 e. The Balaban J connectivity index is 0.00000306. The summed E-state index contributed by atoms with van der Waals surface area (Å²) < 4.78 is 68.0. The largest absolute Gasteiger partial charge is 3.00 e. The summed E-state index contributed by atoms with van der Waals surface area (Å²) in [4.78, 5) is 22.8. The van der Waals surface area contributed by atoms with Gasteiger partial charge in [-0.1, -0.05) is 6.92 Å². The van der Waals surface area contributed by atoms with Crippen LogP contribution in [0.4, 0.5) is 11.4 Å². The van der Waals surface area contributed by atoms with Gasteiger partial charge in [-0.05, 0) is 48.9 Å². The topological polar surface area (TPSA) is 215 Å². The molecule has 0 spiro atoms. The first-order chi connectivity index (χ1) is 15.2. The van der Waals surface area contributed by atoms with Crippen molar-refractivity contribution < 1.29 is 82.8 Å². The number of benzene rings is 2. The average Bonchev–Trinajstić information content (AvgIpc) is 2.98. The number of carboxylic acids is 1. The number of aromatic carboxylic acids is 1. The summed E-state index contributed by atoms with van der Waals surface area (Å²) in [5.41, 5.74) is -1.84. The van der Waals surface area contributed by atoms with Crippen molar-refractivity contribution in [1.82, 2.24) is 9.78 Å². The van der Waals surface area contributed by atoms with Gasteiger partial charge >= 0.3 is 46.9 Å². The van der Waals surface area contributed by atoms with Crippen LogP contribution in [0.25, 0.3) is 5.69 Å². The summed E-state index contributed by atoms with van der Waals surface area (Å²) in [5, 5.41) is 22.5. The molecule has 0 fully saturated rings. The van der Waals surface area contributed by atoms with Crippen LogP contribution in [0.5, 0.6) is 0 Å². The van der Waals surface area contributed by atoms with Crippen LogP contribution >= 0.6 is 0 Å². The van der Waals surface area contributed by atoms with Crippen molar-refractivity contribution >= 4 is 37.6 Å². The number of carbonyl (C=O) groups excluding carboxylic acids is 1. The molecule has 0 atom stereocenters. The Hall–Kier alpha value is -2.13. The molecule has 0 amide bonds. The molecule has 0 unspecified atom stereocenters. The molecule has 0 aliphatic carbocycles. The monoisotopic (exact) mass is 567 g/mol. The molecular formula is C18H12CrN4NaO9S2. The van der Waals surface area contributed by atoms with Crippen molar-refractivity contribution in [3.8, 4) is 5.69 Å². The Kier molecular flexibility index (Phi) is 9.97. The minimum atomic E-state index is -4.93. The summed E-state index contributed by atoms with van der Waals surface area (Å²) in [6.07, 6.45) is 0. The van der Waals surface area contributed by atoms with Gasteiger partial charge in [0.05, 0.1) is 21.4 Å². The molecule has 1 radical (unpaired) electrons. The molecule has 0 aliphatic heterocycles. The van der Waals surface area contributed by atoms with Crippen LogP contribution in [0.1, 0.15) is 21.6 Å². The third-order valence-corrected chi connectivity index (χ3v) is 6.07. The van der Waals surface area contributed by atoms with E-state index in [1.807, 2.05) is 0 Å². The minimum absolute atomic E-state index is 0. The van der Waals surface area contributed by atoms with E-state index in [0.717, 1.165) is 28.9 Å². The summed E-state index contributed by atoms with van der Waals surface area (Å²) in [5.74, 6) is -1.72. The van der Waals surface area contributed by atoms with Gasteiger partial charge in [-0.25, -0.2) is 16.8 Å². The quantitative estimate of drug-likeness (QED) is 0.167. The molecule has 177 valence electrons. The van der Waals surface area contributed by atoms with Gasteiger partial charge in [0.25, 0.3) is 5.56 Å². The Morgan fingerprint density at radius 1 is 0.943 bits per heavy atom. The number of hydrogen-bond donors (Lipinski definition) is 0. The van der Waals surface area contributed by atoms with Crippen LogP contribution in [0.15, 0.2) is 61.2 Å². The molecule has 0 saturated heterocycles. The first kappa shape index (κ1) is 30.9. The first-order valence-electron chi connectivity index (χ1n) is 8.76. The van der Waals surface area contributed by atoms with E-state index < -0.39 is 52.8 Å². The molecule has 0 aliphatic rings. The van der Waals surface area contributed by atoms with E-state index in [4.69, 9.17) is 0 Å². The Labute approximate surface area is 231 Å². The Morgan fingerprint density at radius 2 is 1.49 bits per heavy atom. The zero-order valence-electron chi connectivity index (χ0n) is 18.2. The van der Waals surface area contributed by atoms with E-state index in [9.17, 15) is 40.6 Å². The predicted octanol–water partition coefficient (Wildman–Crippen LogP) is -3.00. The second-order valence-electron chi connectivity index (χ2n) is 6.67. The molecule has 1 heterocycles. The number of nitrogens with zero attached hydrogens (tertiary/aromatic N) is 4. The molecule has 17 heteroatoms. The average molecular weight is 567 g/mol. The molecule has 0 bridgehead atoms. The van der Waals surface area contributed by atoms with Gasteiger partial charge in [0.2, 0.25) is 0 Å². The smallest absolute Gasteiger partial charge is 0.744 e. The summed E-state index contributed by atoms with van der Waals surface area (Å²) in [6, 6.07) is 5.51. The molecule has 35 heavy (non-hydrogen) atoms. The summed E-state index contributed by atoms with van der Waals surface area (Å²) >= 11 is 0. The van der Waals surface area contributed by atoms with Crippen LogP contribution in [0, 0.1) is 13.8 Å². The van der Waals surface area contributed by atoms with Crippen molar-refractivity contribution in [2.24, 2.45) is 10.2 Å². The SMILES string of the molecule is Cc1cc(S(=O)(=O)[O-])ccc1-n1[n-]c(C)c(N=Nc2cc(S(=O)(=O)[O-])ccc2C(=O)[O-])c1=O.[Cr+3].[Na+]. The minimum Gasteiger partial charge on any atom is -0.744 e. The Bertz CT molecular complexity index is 1600. The molecular weight excluding hydrogens is 555 g/mol. The van der Waals surface area contributed by atoms with Crippen molar-refractivity contribution in [3.05, 3.63) is 63.6 Å². The van der Waals surface area contributed by atoms with E-state index in [1.165, 1.54) is 19.9 Å². The maximum absolute atomic E-state index is 12.8. The van der Waals surface area contributed by atoms with E-state index in [1.54, 1.807) is 0 Å². The molecule has 0 saturated carbocycles. The standard InChI is InChI=1S/C18H16N4O9S2.Cr.Na/c1-9-7-11(32(26,27)28)4-6-15(9)22-17(23)16(10(2)21-22)20-19-14-8-12(33(29,30)31)3-5-13(14)18(24)25;;/h3-8H,1-2H3,(H4,19,21,23,24,25,26,27,28,29,30,31);;/q;+3;+1/p-4. The summed E-state index contributed by atoms with van der Waals surface area (Å²) in [7, 11) is -9.64. The van der Waals surface area contributed by atoms with E-state index >= 15 is 0 Å². The summed E-state index contributed by atoms with van der Waals surface area (Å²) in [6.45, 7) is 2.83. The van der Waals surface area contributed by atoms with Crippen molar-refractivity contribution in [3.63, 3.8) is 0 Å². The zero-order chi connectivity index (χ0) is 24.7. The molecule has 3 rings (SSSR count). The number of carboxylic acid groups (broad SMARTS) is 1. The number of azo groups is 1. The van der Waals surface area contributed by atoms with E-state index in [-0.39, 0.29) is 69.6 Å². The zero-order valence-corrected chi connectivity index (χ0v) is 23.1. The predicted molar refractivity (Wildman–Crippen MR) is 106 cm³/mol. The number of carbonyl (C=O) groups is 1. The number of aryl methyl sites for hydroxylation is 2. The van der Waals surface area contributed by atoms with Crippen LogP contribution in [-0.2, 0) is 37.6 Å². The number of rotatable bonds is 6. The fraction of sp³-hybridized carbons (Fsp3) is 0.111. The van der Waals surface area contributed by atoms with E-state index in [2.05, 4.69) is 15.3 Å². The molecule has 2 aromatic carbocycles. The van der Waals surface area contributed by atoms with Crippen LogP contribution in [-0.4, -0.2) is 36.6 Å². The van der Waals surface area contributed by atoms with Gasteiger partial charge in [0, 0.05) is 11.3 Å². The van der Waals surface area contributed by atoms with Gasteiger partial charge in [0.15, 0.2) is 0 Å². The third-order valence-electron chi connectivity index (χ3n) is 4.41. The van der Waals surface area contributed by atoms with Crippen LogP contribution in [0.3, 0.4) is 0 Å². The van der Waals surface area contributed by atoms with Gasteiger partial charge in [0.1, 0.15) is 25.9 Å². The maximum atomic E-state index is 12.8.